The Labute approximate surface area is 270 Å². The number of nitrogens with zero attached hydrogens (tertiary/aromatic N) is 2. The van der Waals surface area contributed by atoms with Crippen LogP contribution in [0, 0.1) is 13.8 Å². The average Bonchev–Trinajstić information content (AvgIpc) is 3.76. The first-order chi connectivity index (χ1) is 21.3. The predicted molar refractivity (Wildman–Crippen MR) is 172 cm³/mol. The van der Waals surface area contributed by atoms with E-state index in [9.17, 15) is 4.79 Å². The van der Waals surface area contributed by atoms with Gasteiger partial charge in [-0.1, -0.05) is 6.07 Å². The highest BCUT2D eigenvalue weighted by molar-refractivity contribution is 9.11. The third kappa shape index (κ3) is 6.68. The number of nitrogens with one attached hydrogen (secondary N) is 1. The summed E-state index contributed by atoms with van der Waals surface area (Å²) in [6, 6.07) is 24.7. The van der Waals surface area contributed by atoms with Gasteiger partial charge in [-0.25, -0.2) is 5.43 Å². The number of carbonyl (C=O) groups excluding carboxylic acids is 1. The first-order valence-corrected chi connectivity index (χ1v) is 15.2. The molecule has 0 atom stereocenters. The van der Waals surface area contributed by atoms with E-state index in [1.807, 2.05) is 54.6 Å². The molecule has 0 saturated carbocycles. The van der Waals surface area contributed by atoms with Crippen molar-refractivity contribution in [3.63, 3.8) is 0 Å². The number of aromatic nitrogens is 1. The van der Waals surface area contributed by atoms with Crippen LogP contribution in [-0.2, 0) is 13.2 Å². The summed E-state index contributed by atoms with van der Waals surface area (Å²) >= 11 is 7.11. The molecule has 0 fully saturated rings. The molecule has 9 nitrogen and oxygen atoms in total. The lowest BCUT2D eigenvalue weighted by Crippen LogP contribution is -2.16. The van der Waals surface area contributed by atoms with Gasteiger partial charge in [-0.2, -0.15) is 5.10 Å². The SMILES string of the molecule is Cc1ccc(C)n1-c1ccc(OCc2ccc(C(=O)N/N=C/c3cc(Br)c(OCc4ccc5c(c4)OCO5)c(Br)c3)o2)cc1. The molecular weight excluding hydrogens is 694 g/mol. The van der Waals surface area contributed by atoms with Crippen LogP contribution in [0.25, 0.3) is 5.69 Å². The van der Waals surface area contributed by atoms with Crippen molar-refractivity contribution in [2.75, 3.05) is 6.79 Å². The highest BCUT2D eigenvalue weighted by Gasteiger charge is 2.15. The molecule has 0 spiro atoms. The predicted octanol–water partition coefficient (Wildman–Crippen LogP) is 7.86. The molecule has 5 aromatic rings. The number of amides is 1. The van der Waals surface area contributed by atoms with Gasteiger partial charge in [-0.3, -0.25) is 4.79 Å². The van der Waals surface area contributed by atoms with E-state index in [2.05, 4.69) is 72.9 Å². The maximum atomic E-state index is 12.6. The maximum absolute atomic E-state index is 12.6. The average molecular weight is 721 g/mol. The van der Waals surface area contributed by atoms with Crippen LogP contribution in [0.2, 0.25) is 0 Å². The number of carbonyl (C=O) groups is 1. The van der Waals surface area contributed by atoms with Gasteiger partial charge in [0.05, 0.1) is 15.2 Å². The molecule has 224 valence electrons. The van der Waals surface area contributed by atoms with E-state index < -0.39 is 5.91 Å². The molecule has 0 unspecified atom stereocenters. The molecular formula is C33H27Br2N3O6. The van der Waals surface area contributed by atoms with E-state index in [0.29, 0.717) is 29.6 Å². The Kier molecular flexibility index (Phi) is 8.76. The van der Waals surface area contributed by atoms with Crippen LogP contribution < -0.4 is 24.4 Å². The van der Waals surface area contributed by atoms with E-state index in [0.717, 1.165) is 31.5 Å². The number of aryl methyl sites for hydroxylation is 2. The highest BCUT2D eigenvalue weighted by Crippen LogP contribution is 2.36. The molecule has 44 heavy (non-hydrogen) atoms. The van der Waals surface area contributed by atoms with Gasteiger partial charge < -0.3 is 27.9 Å². The minimum absolute atomic E-state index is 0.129. The van der Waals surface area contributed by atoms with Crippen molar-refractivity contribution in [3.8, 4) is 28.7 Å². The van der Waals surface area contributed by atoms with Crippen molar-refractivity contribution >= 4 is 44.0 Å². The first kappa shape index (κ1) is 29.6. The second-order valence-corrected chi connectivity index (χ2v) is 11.7. The fraction of sp³-hybridized carbons (Fsp3) is 0.152. The number of fused-ring (bicyclic) bond motifs is 1. The second kappa shape index (κ2) is 13.0. The minimum atomic E-state index is -0.476. The number of benzene rings is 3. The van der Waals surface area contributed by atoms with Crippen LogP contribution in [0.15, 0.2) is 97.3 Å². The molecule has 3 heterocycles. The van der Waals surface area contributed by atoms with E-state index in [1.54, 1.807) is 12.1 Å². The van der Waals surface area contributed by atoms with Crippen molar-refractivity contribution in [1.29, 1.82) is 0 Å². The Morgan fingerprint density at radius 2 is 1.61 bits per heavy atom. The monoisotopic (exact) mass is 719 g/mol. The van der Waals surface area contributed by atoms with Gasteiger partial charge in [-0.05, 0) is 130 Å². The van der Waals surface area contributed by atoms with Crippen LogP contribution in [0.3, 0.4) is 0 Å². The quantitative estimate of drug-likeness (QED) is 0.117. The molecule has 0 radical (unpaired) electrons. The van der Waals surface area contributed by atoms with E-state index in [4.69, 9.17) is 23.4 Å². The minimum Gasteiger partial charge on any atom is -0.487 e. The van der Waals surface area contributed by atoms with Crippen molar-refractivity contribution in [2.45, 2.75) is 27.1 Å². The lowest BCUT2D eigenvalue weighted by atomic mass is 10.2. The molecule has 1 amide bonds. The lowest BCUT2D eigenvalue weighted by molar-refractivity contribution is 0.0923. The number of hydrogen-bond donors (Lipinski definition) is 1. The topological polar surface area (TPSA) is 96.5 Å². The van der Waals surface area contributed by atoms with Crippen LogP contribution in [0.4, 0.5) is 0 Å². The third-order valence-electron chi connectivity index (χ3n) is 6.85. The van der Waals surface area contributed by atoms with Gasteiger partial charge >= 0.3 is 5.91 Å². The smallest absolute Gasteiger partial charge is 0.307 e. The summed E-state index contributed by atoms with van der Waals surface area (Å²) in [5, 5.41) is 4.08. The number of halogens is 2. The van der Waals surface area contributed by atoms with Crippen molar-refractivity contribution < 1.29 is 28.2 Å². The molecule has 0 bridgehead atoms. The number of hydrogen-bond acceptors (Lipinski definition) is 7. The zero-order chi connectivity index (χ0) is 30.6. The summed E-state index contributed by atoms with van der Waals surface area (Å²) in [6.45, 7) is 4.90. The second-order valence-electron chi connectivity index (χ2n) is 9.99. The zero-order valence-corrected chi connectivity index (χ0v) is 27.0. The molecule has 0 saturated heterocycles. The molecule has 1 N–H and O–H groups in total. The summed E-state index contributed by atoms with van der Waals surface area (Å²) < 4.78 is 31.9. The highest BCUT2D eigenvalue weighted by atomic mass is 79.9. The van der Waals surface area contributed by atoms with Crippen LogP contribution in [0.1, 0.15) is 38.8 Å². The molecule has 3 aromatic carbocycles. The number of ether oxygens (including phenoxy) is 4. The Bertz CT molecular complexity index is 1800. The van der Waals surface area contributed by atoms with Crippen LogP contribution >= 0.6 is 31.9 Å². The van der Waals surface area contributed by atoms with Gasteiger partial charge in [0.2, 0.25) is 6.79 Å². The van der Waals surface area contributed by atoms with Gasteiger partial charge in [0.1, 0.15) is 30.5 Å². The largest absolute Gasteiger partial charge is 0.487 e. The summed E-state index contributed by atoms with van der Waals surface area (Å²) in [5.74, 6) is 2.94. The van der Waals surface area contributed by atoms with E-state index in [-0.39, 0.29) is 19.2 Å². The van der Waals surface area contributed by atoms with Crippen molar-refractivity contribution in [3.05, 3.63) is 122 Å². The maximum Gasteiger partial charge on any atom is 0.307 e. The Morgan fingerprint density at radius 3 is 2.36 bits per heavy atom. The Hall–Kier alpha value is -4.48. The van der Waals surface area contributed by atoms with Gasteiger partial charge in [0.25, 0.3) is 0 Å². The fourth-order valence-electron chi connectivity index (χ4n) is 4.70. The molecule has 1 aliphatic rings. The van der Waals surface area contributed by atoms with E-state index in [1.165, 1.54) is 17.6 Å². The Balaban J connectivity index is 1.00. The van der Waals surface area contributed by atoms with Crippen molar-refractivity contribution in [1.82, 2.24) is 9.99 Å². The molecule has 6 rings (SSSR count). The van der Waals surface area contributed by atoms with Crippen LogP contribution in [-0.4, -0.2) is 23.5 Å². The van der Waals surface area contributed by atoms with Crippen molar-refractivity contribution in [2.24, 2.45) is 5.10 Å². The standard InChI is InChI=1S/C33H27Br2N3O6/c1-20-3-4-21(2)38(20)24-6-8-25(9-7-24)40-18-26-10-12-30(44-26)33(39)37-36-16-23-13-27(34)32(28(35)14-23)41-17-22-5-11-29-31(15-22)43-19-42-29/h3-16H,17-19H2,1-2H3,(H,37,39)/b36-16+. The molecule has 11 heteroatoms. The van der Waals surface area contributed by atoms with Gasteiger partial charge in [0.15, 0.2) is 17.3 Å². The number of rotatable bonds is 10. The van der Waals surface area contributed by atoms with Crippen LogP contribution in [0.5, 0.6) is 23.0 Å². The summed E-state index contributed by atoms with van der Waals surface area (Å²) in [7, 11) is 0. The Morgan fingerprint density at radius 1 is 0.886 bits per heavy atom. The first-order valence-electron chi connectivity index (χ1n) is 13.6. The molecule has 2 aromatic heterocycles. The normalized spacial score (nSPS) is 12.1. The fourth-order valence-corrected chi connectivity index (χ4v) is 6.15. The third-order valence-corrected chi connectivity index (χ3v) is 8.03. The zero-order valence-electron chi connectivity index (χ0n) is 23.8. The summed E-state index contributed by atoms with van der Waals surface area (Å²) in [5.41, 5.74) is 7.58. The van der Waals surface area contributed by atoms with Gasteiger partial charge in [-0.15, -0.1) is 0 Å². The lowest BCUT2D eigenvalue weighted by Gasteiger charge is -2.11. The molecule has 0 aliphatic carbocycles. The van der Waals surface area contributed by atoms with Gasteiger partial charge in [0, 0.05) is 17.1 Å². The number of hydrazone groups is 1. The summed E-state index contributed by atoms with van der Waals surface area (Å²) in [6.07, 6.45) is 1.53. The number of furan rings is 1. The van der Waals surface area contributed by atoms with E-state index >= 15 is 0 Å². The summed E-state index contributed by atoms with van der Waals surface area (Å²) in [4.78, 5) is 12.6. The molecule has 1 aliphatic heterocycles.